The Labute approximate surface area is 155 Å². The van der Waals surface area contributed by atoms with Gasteiger partial charge >= 0.3 is 0 Å². The van der Waals surface area contributed by atoms with E-state index < -0.39 is 0 Å². The average molecular weight is 355 g/mol. The van der Waals surface area contributed by atoms with Crippen molar-refractivity contribution < 1.29 is 0 Å². The standard InChI is InChI=1S/C20H30N6/c1-24(2)12-13-26-20-19(21-9-10-22-20)18(23-26)17-8-11-25(15-17)14-16-6-4-3-5-7-16/h3-4,9-10,16-17H,5-8,11-15H2,1-2H3. The van der Waals surface area contributed by atoms with Gasteiger partial charge in [-0.3, -0.25) is 0 Å². The van der Waals surface area contributed by atoms with Crippen molar-refractivity contribution in [3.63, 3.8) is 0 Å². The van der Waals surface area contributed by atoms with E-state index >= 15 is 0 Å². The van der Waals surface area contributed by atoms with Crippen LogP contribution in [0.4, 0.5) is 0 Å². The SMILES string of the molecule is CN(C)CCn1nc(C2CCN(CC3CC=CCC3)C2)c2nccnc21. The minimum Gasteiger partial charge on any atom is -0.308 e. The van der Waals surface area contributed by atoms with Crippen molar-refractivity contribution in [1.29, 1.82) is 0 Å². The fourth-order valence-corrected chi connectivity index (χ4v) is 4.26. The van der Waals surface area contributed by atoms with Gasteiger partial charge in [0.1, 0.15) is 5.52 Å². The Balaban J connectivity index is 1.49. The summed E-state index contributed by atoms with van der Waals surface area (Å²) < 4.78 is 2.05. The molecule has 0 amide bonds. The summed E-state index contributed by atoms with van der Waals surface area (Å²) in [5, 5.41) is 4.95. The first-order valence-corrected chi connectivity index (χ1v) is 9.90. The first kappa shape index (κ1) is 17.6. The van der Waals surface area contributed by atoms with E-state index in [2.05, 4.69) is 46.0 Å². The highest BCUT2D eigenvalue weighted by Gasteiger charge is 2.30. The van der Waals surface area contributed by atoms with Crippen molar-refractivity contribution >= 4 is 11.2 Å². The van der Waals surface area contributed by atoms with Crippen molar-refractivity contribution in [2.45, 2.75) is 38.1 Å². The fraction of sp³-hybridized carbons (Fsp3) is 0.650. The molecular weight excluding hydrogens is 324 g/mol. The number of likely N-dealkylation sites (tertiary alicyclic amines) is 1. The zero-order chi connectivity index (χ0) is 17.9. The van der Waals surface area contributed by atoms with E-state index in [9.17, 15) is 0 Å². The van der Waals surface area contributed by atoms with Crippen molar-refractivity contribution in [1.82, 2.24) is 29.5 Å². The molecule has 1 fully saturated rings. The number of aromatic nitrogens is 4. The summed E-state index contributed by atoms with van der Waals surface area (Å²) in [7, 11) is 4.18. The van der Waals surface area contributed by atoms with Crippen LogP contribution in [0.25, 0.3) is 11.2 Å². The van der Waals surface area contributed by atoms with Crippen LogP contribution in [0.2, 0.25) is 0 Å². The van der Waals surface area contributed by atoms with Crippen LogP contribution >= 0.6 is 0 Å². The Morgan fingerprint density at radius 2 is 2.04 bits per heavy atom. The number of hydrogen-bond donors (Lipinski definition) is 0. The van der Waals surface area contributed by atoms with E-state index in [4.69, 9.17) is 5.10 Å². The van der Waals surface area contributed by atoms with Crippen LogP contribution in [0.5, 0.6) is 0 Å². The predicted molar refractivity (Wildman–Crippen MR) is 104 cm³/mol. The number of allylic oxidation sites excluding steroid dienone is 2. The zero-order valence-electron chi connectivity index (χ0n) is 16.0. The van der Waals surface area contributed by atoms with Crippen LogP contribution < -0.4 is 0 Å². The van der Waals surface area contributed by atoms with E-state index in [-0.39, 0.29) is 0 Å². The summed E-state index contributed by atoms with van der Waals surface area (Å²) in [5.74, 6) is 1.31. The van der Waals surface area contributed by atoms with E-state index in [1.54, 1.807) is 12.4 Å². The molecule has 26 heavy (non-hydrogen) atoms. The molecule has 6 nitrogen and oxygen atoms in total. The fourth-order valence-electron chi connectivity index (χ4n) is 4.26. The summed E-state index contributed by atoms with van der Waals surface area (Å²) in [6.07, 6.45) is 13.3. The summed E-state index contributed by atoms with van der Waals surface area (Å²) in [5.41, 5.74) is 3.08. The van der Waals surface area contributed by atoms with Crippen LogP contribution in [-0.4, -0.2) is 69.8 Å². The molecule has 0 spiro atoms. The van der Waals surface area contributed by atoms with Crippen LogP contribution in [0.3, 0.4) is 0 Å². The molecule has 4 rings (SSSR count). The lowest BCUT2D eigenvalue weighted by atomic mass is 9.94. The van der Waals surface area contributed by atoms with E-state index in [1.807, 2.05) is 4.68 Å². The van der Waals surface area contributed by atoms with Crippen LogP contribution in [0, 0.1) is 5.92 Å². The Bertz CT molecular complexity index is 765. The van der Waals surface area contributed by atoms with Crippen molar-refractivity contribution in [3.8, 4) is 0 Å². The molecule has 1 saturated heterocycles. The molecule has 2 aliphatic rings. The molecule has 2 aromatic heterocycles. The van der Waals surface area contributed by atoms with Crippen molar-refractivity contribution in [3.05, 3.63) is 30.2 Å². The van der Waals surface area contributed by atoms with Crippen molar-refractivity contribution in [2.75, 3.05) is 40.3 Å². The maximum atomic E-state index is 4.95. The number of fused-ring (bicyclic) bond motifs is 1. The van der Waals surface area contributed by atoms with Gasteiger partial charge < -0.3 is 9.80 Å². The van der Waals surface area contributed by atoms with Gasteiger partial charge in [-0.1, -0.05) is 12.2 Å². The van der Waals surface area contributed by atoms with E-state index in [1.165, 1.54) is 38.8 Å². The number of nitrogens with zero attached hydrogens (tertiary/aromatic N) is 6. The second-order valence-corrected chi connectivity index (χ2v) is 8.04. The lowest BCUT2D eigenvalue weighted by Crippen LogP contribution is -2.28. The monoisotopic (exact) mass is 354 g/mol. The first-order valence-electron chi connectivity index (χ1n) is 9.90. The topological polar surface area (TPSA) is 50.1 Å². The minimum atomic E-state index is 0.480. The molecule has 0 bridgehead atoms. The Morgan fingerprint density at radius 3 is 2.85 bits per heavy atom. The largest absolute Gasteiger partial charge is 0.308 e. The number of hydrogen-bond acceptors (Lipinski definition) is 5. The summed E-state index contributed by atoms with van der Waals surface area (Å²) in [6, 6.07) is 0. The van der Waals surface area contributed by atoms with Gasteiger partial charge in [-0.15, -0.1) is 0 Å². The molecule has 0 saturated carbocycles. The summed E-state index contributed by atoms with van der Waals surface area (Å²) in [4.78, 5) is 14.0. The molecule has 1 aliphatic heterocycles. The zero-order valence-corrected chi connectivity index (χ0v) is 16.0. The van der Waals surface area contributed by atoms with Gasteiger partial charge in [-0.05, 0) is 52.2 Å². The molecule has 6 heteroatoms. The van der Waals surface area contributed by atoms with E-state index in [0.29, 0.717) is 5.92 Å². The van der Waals surface area contributed by atoms with Crippen LogP contribution in [0.15, 0.2) is 24.5 Å². The number of rotatable bonds is 6. The Morgan fingerprint density at radius 1 is 1.15 bits per heavy atom. The second kappa shape index (κ2) is 7.84. The highest BCUT2D eigenvalue weighted by Crippen LogP contribution is 2.31. The first-order chi connectivity index (χ1) is 12.7. The number of likely N-dealkylation sites (N-methyl/N-ethyl adjacent to an activating group) is 1. The molecule has 2 atom stereocenters. The maximum Gasteiger partial charge on any atom is 0.177 e. The highest BCUT2D eigenvalue weighted by molar-refractivity contribution is 5.73. The van der Waals surface area contributed by atoms with Gasteiger partial charge in [0, 0.05) is 37.9 Å². The van der Waals surface area contributed by atoms with Gasteiger partial charge in [0.25, 0.3) is 0 Å². The van der Waals surface area contributed by atoms with Gasteiger partial charge in [0.2, 0.25) is 0 Å². The smallest absolute Gasteiger partial charge is 0.177 e. The third-order valence-corrected chi connectivity index (χ3v) is 5.71. The van der Waals surface area contributed by atoms with Gasteiger partial charge in [-0.2, -0.15) is 5.10 Å². The highest BCUT2D eigenvalue weighted by atomic mass is 15.3. The molecular formula is C20H30N6. The normalized spacial score (nSPS) is 24.1. The molecule has 2 aromatic rings. The lowest BCUT2D eigenvalue weighted by Gasteiger charge is -2.24. The third kappa shape index (κ3) is 3.81. The average Bonchev–Trinajstić information content (AvgIpc) is 3.25. The molecule has 0 aromatic carbocycles. The predicted octanol–water partition coefficient (Wildman–Crippen LogP) is 2.53. The summed E-state index contributed by atoms with van der Waals surface area (Å²) in [6.45, 7) is 5.32. The molecule has 0 N–H and O–H groups in total. The quantitative estimate of drug-likeness (QED) is 0.746. The molecule has 1 aliphatic carbocycles. The van der Waals surface area contributed by atoms with E-state index in [0.717, 1.165) is 42.4 Å². The Hall–Kier alpha value is -1.79. The molecule has 2 unspecified atom stereocenters. The molecule has 3 heterocycles. The molecule has 0 radical (unpaired) electrons. The summed E-state index contributed by atoms with van der Waals surface area (Å²) >= 11 is 0. The second-order valence-electron chi connectivity index (χ2n) is 8.04. The van der Waals surface area contributed by atoms with Gasteiger partial charge in [-0.25, -0.2) is 14.6 Å². The van der Waals surface area contributed by atoms with Crippen LogP contribution in [-0.2, 0) is 6.54 Å². The van der Waals surface area contributed by atoms with Gasteiger partial charge in [0.05, 0.1) is 12.2 Å². The Kier molecular flexibility index (Phi) is 5.31. The maximum absolute atomic E-state index is 4.95. The van der Waals surface area contributed by atoms with Crippen molar-refractivity contribution in [2.24, 2.45) is 5.92 Å². The third-order valence-electron chi connectivity index (χ3n) is 5.71. The minimum absolute atomic E-state index is 0.480. The van der Waals surface area contributed by atoms with Crippen LogP contribution in [0.1, 0.15) is 37.3 Å². The lowest BCUT2D eigenvalue weighted by molar-refractivity contribution is 0.263. The molecule has 140 valence electrons. The van der Waals surface area contributed by atoms with Gasteiger partial charge in [0.15, 0.2) is 5.65 Å².